The minimum atomic E-state index is -0.117. The third-order valence-corrected chi connectivity index (χ3v) is 8.54. The van der Waals surface area contributed by atoms with Crippen LogP contribution in [0.15, 0.2) is 72.9 Å². The zero-order chi connectivity index (χ0) is 27.2. The molecule has 204 valence electrons. The Morgan fingerprint density at radius 3 is 2.48 bits per heavy atom. The van der Waals surface area contributed by atoms with Crippen molar-refractivity contribution in [3.05, 3.63) is 95.6 Å². The van der Waals surface area contributed by atoms with Crippen molar-refractivity contribution in [1.82, 2.24) is 14.9 Å². The molecule has 2 aromatic carbocycles. The molecule has 1 N–H and O–H groups in total. The smallest absolute Gasteiger partial charge is 0.231 e. The molecule has 0 spiro atoms. The maximum absolute atomic E-state index is 6.24. The number of pyridine rings is 1. The summed E-state index contributed by atoms with van der Waals surface area (Å²) in [6, 6.07) is 22.5. The van der Waals surface area contributed by atoms with Crippen LogP contribution < -0.4 is 24.4 Å². The summed E-state index contributed by atoms with van der Waals surface area (Å²) in [5, 5.41) is 4.27. The van der Waals surface area contributed by atoms with Crippen LogP contribution in [0.4, 0.5) is 5.69 Å². The van der Waals surface area contributed by atoms with Crippen molar-refractivity contribution in [2.24, 2.45) is 0 Å². The van der Waals surface area contributed by atoms with Gasteiger partial charge in [-0.2, -0.15) is 0 Å². The molecule has 3 aliphatic rings. The largest absolute Gasteiger partial charge is 0.490 e. The molecule has 4 heterocycles. The lowest BCUT2D eigenvalue weighted by Gasteiger charge is -2.28. The van der Waals surface area contributed by atoms with E-state index in [4.69, 9.17) is 31.4 Å². The average molecular weight is 553 g/mol. The summed E-state index contributed by atoms with van der Waals surface area (Å²) in [5.74, 6) is 2.45. The fraction of sp³-hybridized carbons (Fsp3) is 0.312. The highest BCUT2D eigenvalue weighted by Crippen LogP contribution is 2.44. The van der Waals surface area contributed by atoms with E-state index in [-0.39, 0.29) is 18.9 Å². The number of rotatable bonds is 6. The Bertz CT molecular complexity index is 1550. The van der Waals surface area contributed by atoms with Gasteiger partial charge in [0.25, 0.3) is 0 Å². The predicted molar refractivity (Wildman–Crippen MR) is 159 cm³/mol. The molecule has 1 saturated heterocycles. The molecule has 40 heavy (non-hydrogen) atoms. The SMILES string of the molecule is Cc1cc([C@@H]2[C@@H](c3ccccn3)NC(=S)N2c2ccc(OC3CCCC3)cc2)c(C)n1-c1ccc2c(c1)OCO2. The van der Waals surface area contributed by atoms with Gasteiger partial charge in [-0.05, 0) is 112 Å². The van der Waals surface area contributed by atoms with E-state index in [0.717, 1.165) is 58.5 Å². The Morgan fingerprint density at radius 2 is 1.70 bits per heavy atom. The van der Waals surface area contributed by atoms with Crippen LogP contribution in [-0.2, 0) is 0 Å². The zero-order valence-corrected chi connectivity index (χ0v) is 23.5. The van der Waals surface area contributed by atoms with Gasteiger partial charge in [0.2, 0.25) is 6.79 Å². The molecule has 4 aromatic rings. The van der Waals surface area contributed by atoms with Gasteiger partial charge in [-0.15, -0.1) is 0 Å². The van der Waals surface area contributed by atoms with Crippen molar-refractivity contribution in [3.8, 4) is 22.9 Å². The first-order valence-corrected chi connectivity index (χ1v) is 14.3. The van der Waals surface area contributed by atoms with E-state index < -0.39 is 0 Å². The molecule has 1 aliphatic carbocycles. The molecular weight excluding hydrogens is 520 g/mol. The van der Waals surface area contributed by atoms with Crippen LogP contribution in [-0.4, -0.2) is 27.6 Å². The molecule has 2 aliphatic heterocycles. The molecule has 7 rings (SSSR count). The van der Waals surface area contributed by atoms with Crippen molar-refractivity contribution in [1.29, 1.82) is 0 Å². The number of thiocarbonyl (C=S) groups is 1. The van der Waals surface area contributed by atoms with Crippen LogP contribution in [0, 0.1) is 13.8 Å². The molecule has 0 amide bonds. The fourth-order valence-corrected chi connectivity index (χ4v) is 6.69. The topological polar surface area (TPSA) is 60.8 Å². The highest BCUT2D eigenvalue weighted by Gasteiger charge is 2.42. The maximum atomic E-state index is 6.24. The molecule has 1 saturated carbocycles. The molecule has 2 aromatic heterocycles. The summed E-state index contributed by atoms with van der Waals surface area (Å²) in [6.07, 6.45) is 6.92. The summed E-state index contributed by atoms with van der Waals surface area (Å²) in [4.78, 5) is 6.94. The van der Waals surface area contributed by atoms with E-state index in [0.29, 0.717) is 11.2 Å². The molecule has 2 fully saturated rings. The molecule has 2 atom stereocenters. The quantitative estimate of drug-likeness (QED) is 0.267. The van der Waals surface area contributed by atoms with Crippen LogP contribution in [0.5, 0.6) is 17.2 Å². The lowest BCUT2D eigenvalue weighted by molar-refractivity contribution is 0.174. The van der Waals surface area contributed by atoms with E-state index >= 15 is 0 Å². The number of nitrogens with one attached hydrogen (secondary N) is 1. The van der Waals surface area contributed by atoms with Crippen molar-refractivity contribution < 1.29 is 14.2 Å². The minimum Gasteiger partial charge on any atom is -0.490 e. The van der Waals surface area contributed by atoms with Gasteiger partial charge < -0.3 is 29.0 Å². The number of hydrogen-bond donors (Lipinski definition) is 1. The van der Waals surface area contributed by atoms with Crippen LogP contribution in [0.3, 0.4) is 0 Å². The second-order valence-electron chi connectivity index (χ2n) is 10.7. The number of nitrogens with zero attached hydrogens (tertiary/aromatic N) is 3. The van der Waals surface area contributed by atoms with Crippen LogP contribution in [0.2, 0.25) is 0 Å². The molecule has 8 heteroatoms. The highest BCUT2D eigenvalue weighted by molar-refractivity contribution is 7.80. The Hall–Kier alpha value is -4.04. The number of anilines is 1. The van der Waals surface area contributed by atoms with Crippen molar-refractivity contribution >= 4 is 23.0 Å². The van der Waals surface area contributed by atoms with Gasteiger partial charge in [-0.1, -0.05) is 6.07 Å². The molecule has 7 nitrogen and oxygen atoms in total. The number of aryl methyl sites for hydroxylation is 1. The van der Waals surface area contributed by atoms with Gasteiger partial charge in [0, 0.05) is 35.0 Å². The summed E-state index contributed by atoms with van der Waals surface area (Å²) in [5.41, 5.74) is 6.46. The summed E-state index contributed by atoms with van der Waals surface area (Å²) < 4.78 is 19.7. The van der Waals surface area contributed by atoms with E-state index in [1.165, 1.54) is 18.4 Å². The van der Waals surface area contributed by atoms with Gasteiger partial charge in [0.1, 0.15) is 5.75 Å². The normalized spacial score (nSPS) is 20.2. The summed E-state index contributed by atoms with van der Waals surface area (Å²) in [7, 11) is 0. The summed E-state index contributed by atoms with van der Waals surface area (Å²) in [6.45, 7) is 4.56. The highest BCUT2D eigenvalue weighted by atomic mass is 32.1. The van der Waals surface area contributed by atoms with Crippen molar-refractivity contribution in [2.45, 2.75) is 57.7 Å². The van der Waals surface area contributed by atoms with Crippen LogP contribution >= 0.6 is 12.2 Å². The van der Waals surface area contributed by atoms with Crippen LogP contribution in [0.25, 0.3) is 5.69 Å². The lowest BCUT2D eigenvalue weighted by atomic mass is 9.96. The van der Waals surface area contributed by atoms with Gasteiger partial charge in [-0.25, -0.2) is 0 Å². The van der Waals surface area contributed by atoms with Crippen molar-refractivity contribution in [3.63, 3.8) is 0 Å². The Morgan fingerprint density at radius 1 is 0.925 bits per heavy atom. The lowest BCUT2D eigenvalue weighted by Crippen LogP contribution is -2.29. The second kappa shape index (κ2) is 10.2. The first-order valence-electron chi connectivity index (χ1n) is 13.9. The first-order chi connectivity index (χ1) is 19.6. The predicted octanol–water partition coefficient (Wildman–Crippen LogP) is 6.72. The monoisotopic (exact) mass is 552 g/mol. The maximum Gasteiger partial charge on any atom is 0.231 e. The first kappa shape index (κ1) is 25.0. The van der Waals surface area contributed by atoms with Gasteiger partial charge in [0.15, 0.2) is 16.6 Å². The molecule has 0 unspecified atom stereocenters. The van der Waals surface area contributed by atoms with E-state index in [2.05, 4.69) is 71.1 Å². The zero-order valence-electron chi connectivity index (χ0n) is 22.7. The van der Waals surface area contributed by atoms with E-state index in [9.17, 15) is 0 Å². The number of benzene rings is 2. The standard InChI is InChI=1S/C32H32N4O3S/c1-20-17-26(21(2)35(20)23-12-15-28-29(18-23)38-19-37-28)31-30(27-9-5-6-16-33-27)34-32(40)36(31)22-10-13-25(14-11-22)39-24-7-3-4-8-24/h5-6,9-18,24,30-31H,3-4,7-8,19H2,1-2H3,(H,34,40)/t30-,31-/m1/s1. The third-order valence-electron chi connectivity index (χ3n) is 8.22. The van der Waals surface area contributed by atoms with Gasteiger partial charge in [0.05, 0.1) is 23.9 Å². The molecule has 0 radical (unpaired) electrons. The number of ether oxygens (including phenoxy) is 3. The van der Waals surface area contributed by atoms with Gasteiger partial charge in [-0.3, -0.25) is 4.98 Å². The Labute approximate surface area is 239 Å². The fourth-order valence-electron chi connectivity index (χ4n) is 6.34. The second-order valence-corrected chi connectivity index (χ2v) is 11.1. The van der Waals surface area contributed by atoms with Crippen LogP contribution in [0.1, 0.15) is 60.4 Å². The van der Waals surface area contributed by atoms with E-state index in [1.54, 1.807) is 0 Å². The summed E-state index contributed by atoms with van der Waals surface area (Å²) >= 11 is 5.97. The third kappa shape index (κ3) is 4.36. The number of fused-ring (bicyclic) bond motifs is 1. The molecule has 0 bridgehead atoms. The van der Waals surface area contributed by atoms with E-state index in [1.807, 2.05) is 30.5 Å². The Balaban J connectivity index is 1.29. The van der Waals surface area contributed by atoms with Crippen molar-refractivity contribution in [2.75, 3.05) is 11.7 Å². The van der Waals surface area contributed by atoms with Gasteiger partial charge >= 0.3 is 0 Å². The number of hydrogen-bond acceptors (Lipinski definition) is 5. The minimum absolute atomic E-state index is 0.0991. The molecular formula is C32H32N4O3S. The number of aromatic nitrogens is 2. The average Bonchev–Trinajstić information content (AvgIpc) is 3.77. The Kier molecular flexibility index (Phi) is 6.35.